The Morgan fingerprint density at radius 3 is 2.69 bits per heavy atom. The first-order valence-electron chi connectivity index (χ1n) is 4.87. The molecule has 0 aromatic carbocycles. The third-order valence-electron chi connectivity index (χ3n) is 2.41. The van der Waals surface area contributed by atoms with Gasteiger partial charge in [0.05, 0.1) is 5.56 Å². The monoisotopic (exact) mass is 213 g/mol. The number of pyridine rings is 2. The molecule has 2 heterocycles. The summed E-state index contributed by atoms with van der Waals surface area (Å²) in [6, 6.07) is 5.46. The Kier molecular flexibility index (Phi) is 2.64. The van der Waals surface area contributed by atoms with E-state index in [1.807, 2.05) is 19.1 Å². The molecule has 0 radical (unpaired) electrons. The van der Waals surface area contributed by atoms with Crippen molar-refractivity contribution in [3.63, 3.8) is 0 Å². The quantitative estimate of drug-likeness (QED) is 0.746. The molecule has 4 nitrogen and oxygen atoms in total. The zero-order valence-corrected chi connectivity index (χ0v) is 8.82. The fourth-order valence-electron chi connectivity index (χ4n) is 1.58. The normalized spacial score (nSPS) is 10.1. The molecule has 16 heavy (non-hydrogen) atoms. The van der Waals surface area contributed by atoms with Gasteiger partial charge in [-0.25, -0.2) is 0 Å². The Bertz CT molecular complexity index is 573. The van der Waals surface area contributed by atoms with Crippen molar-refractivity contribution in [3.05, 3.63) is 52.2 Å². The number of nitrogens with zero attached hydrogens (tertiary/aromatic N) is 1. The van der Waals surface area contributed by atoms with E-state index in [4.69, 9.17) is 5.41 Å². The predicted octanol–water partition coefficient (Wildman–Crippen LogP) is 1.74. The summed E-state index contributed by atoms with van der Waals surface area (Å²) in [4.78, 5) is 18.1. The second-order valence-corrected chi connectivity index (χ2v) is 3.47. The van der Waals surface area contributed by atoms with Gasteiger partial charge >= 0.3 is 0 Å². The fourth-order valence-corrected chi connectivity index (χ4v) is 1.58. The van der Waals surface area contributed by atoms with Crippen molar-refractivity contribution in [3.8, 4) is 11.1 Å². The topological polar surface area (TPSA) is 69.6 Å². The van der Waals surface area contributed by atoms with Gasteiger partial charge in [0.25, 0.3) is 5.56 Å². The van der Waals surface area contributed by atoms with Crippen LogP contribution in [0.15, 0.2) is 35.4 Å². The molecule has 0 saturated carbocycles. The van der Waals surface area contributed by atoms with Crippen molar-refractivity contribution in [1.29, 1.82) is 5.41 Å². The van der Waals surface area contributed by atoms with Crippen LogP contribution >= 0.6 is 0 Å². The van der Waals surface area contributed by atoms with Gasteiger partial charge in [-0.15, -0.1) is 0 Å². The summed E-state index contributed by atoms with van der Waals surface area (Å²) >= 11 is 0. The maximum atomic E-state index is 11.4. The van der Waals surface area contributed by atoms with Crippen LogP contribution in [0.3, 0.4) is 0 Å². The predicted molar refractivity (Wildman–Crippen MR) is 62.9 cm³/mol. The molecule has 0 aliphatic rings. The van der Waals surface area contributed by atoms with Crippen molar-refractivity contribution < 1.29 is 0 Å². The minimum Gasteiger partial charge on any atom is -0.325 e. The second-order valence-electron chi connectivity index (χ2n) is 3.47. The van der Waals surface area contributed by atoms with Gasteiger partial charge in [-0.1, -0.05) is 0 Å². The summed E-state index contributed by atoms with van der Waals surface area (Å²) in [6.45, 7) is 1.84. The molecule has 0 unspecified atom stereocenters. The second kappa shape index (κ2) is 4.10. The first-order valence-corrected chi connectivity index (χ1v) is 4.87. The molecule has 0 saturated heterocycles. The SMILES string of the molecule is Cc1[nH]c(=O)c(C=N)cc1-c1ccncc1. The number of aromatic amines is 1. The average Bonchev–Trinajstić information content (AvgIpc) is 2.30. The molecule has 2 rings (SSSR count). The summed E-state index contributed by atoms with van der Waals surface area (Å²) in [7, 11) is 0. The smallest absolute Gasteiger partial charge is 0.256 e. The van der Waals surface area contributed by atoms with Crippen LogP contribution < -0.4 is 5.56 Å². The molecule has 0 amide bonds. The Balaban J connectivity index is 2.66. The van der Waals surface area contributed by atoms with Crippen molar-refractivity contribution in [2.75, 3.05) is 0 Å². The van der Waals surface area contributed by atoms with Crippen molar-refractivity contribution in [2.45, 2.75) is 6.92 Å². The highest BCUT2D eigenvalue weighted by Gasteiger charge is 2.05. The van der Waals surface area contributed by atoms with Crippen LogP contribution in [0.4, 0.5) is 0 Å². The van der Waals surface area contributed by atoms with Crippen LogP contribution in [0.25, 0.3) is 11.1 Å². The molecule has 80 valence electrons. The number of rotatable bonds is 2. The molecular formula is C12H11N3O. The molecule has 0 spiro atoms. The molecule has 2 aromatic heterocycles. The zero-order valence-electron chi connectivity index (χ0n) is 8.82. The molecule has 2 aromatic rings. The molecule has 0 fully saturated rings. The highest BCUT2D eigenvalue weighted by molar-refractivity contribution is 5.80. The average molecular weight is 213 g/mol. The highest BCUT2D eigenvalue weighted by Crippen LogP contribution is 2.20. The van der Waals surface area contributed by atoms with Gasteiger partial charge < -0.3 is 10.4 Å². The first kappa shape index (κ1) is 10.3. The number of hydrogen-bond donors (Lipinski definition) is 2. The van der Waals surface area contributed by atoms with Gasteiger partial charge in [-0.2, -0.15) is 0 Å². The van der Waals surface area contributed by atoms with Crippen LogP contribution in [0, 0.1) is 12.3 Å². The zero-order chi connectivity index (χ0) is 11.5. The van der Waals surface area contributed by atoms with Crippen LogP contribution in [0.1, 0.15) is 11.3 Å². The van der Waals surface area contributed by atoms with E-state index in [0.717, 1.165) is 23.0 Å². The molecular weight excluding hydrogens is 202 g/mol. The van der Waals surface area contributed by atoms with E-state index >= 15 is 0 Å². The third kappa shape index (κ3) is 1.77. The van der Waals surface area contributed by atoms with E-state index in [-0.39, 0.29) is 5.56 Å². The fraction of sp³-hybridized carbons (Fsp3) is 0.0833. The van der Waals surface area contributed by atoms with E-state index in [2.05, 4.69) is 9.97 Å². The van der Waals surface area contributed by atoms with Crippen LogP contribution in [-0.4, -0.2) is 16.2 Å². The van der Waals surface area contributed by atoms with Gasteiger partial charge in [0, 0.05) is 29.9 Å². The van der Waals surface area contributed by atoms with Crippen molar-refractivity contribution >= 4 is 6.21 Å². The first-order chi connectivity index (χ1) is 7.72. The summed E-state index contributed by atoms with van der Waals surface area (Å²) < 4.78 is 0. The van der Waals surface area contributed by atoms with E-state index < -0.39 is 0 Å². The molecule has 0 aliphatic heterocycles. The van der Waals surface area contributed by atoms with Gasteiger partial charge in [0.1, 0.15) is 0 Å². The van der Waals surface area contributed by atoms with Gasteiger partial charge in [-0.3, -0.25) is 9.78 Å². The highest BCUT2D eigenvalue weighted by atomic mass is 16.1. The van der Waals surface area contributed by atoms with Crippen LogP contribution in [0.5, 0.6) is 0 Å². The third-order valence-corrected chi connectivity index (χ3v) is 2.41. The number of hydrogen-bond acceptors (Lipinski definition) is 3. The standard InChI is InChI=1S/C12H11N3O/c1-8-11(9-2-4-14-5-3-9)6-10(7-13)12(16)15-8/h2-7,13H,1H3,(H,15,16). The minimum absolute atomic E-state index is 0.231. The number of aryl methyl sites for hydroxylation is 1. The Morgan fingerprint density at radius 2 is 2.06 bits per heavy atom. The van der Waals surface area contributed by atoms with E-state index in [9.17, 15) is 4.79 Å². The summed E-state index contributed by atoms with van der Waals surface area (Å²) in [5.41, 5.74) is 2.82. The van der Waals surface area contributed by atoms with Gasteiger partial charge in [0.15, 0.2) is 0 Å². The largest absolute Gasteiger partial charge is 0.325 e. The number of H-pyrrole nitrogens is 1. The minimum atomic E-state index is -0.231. The molecule has 0 bridgehead atoms. The molecule has 0 atom stereocenters. The summed E-state index contributed by atoms with van der Waals surface area (Å²) in [5.74, 6) is 0. The summed E-state index contributed by atoms with van der Waals surface area (Å²) in [6.07, 6.45) is 4.46. The van der Waals surface area contributed by atoms with Crippen molar-refractivity contribution in [2.24, 2.45) is 0 Å². The Morgan fingerprint density at radius 1 is 1.38 bits per heavy atom. The molecule has 4 heteroatoms. The lowest BCUT2D eigenvalue weighted by molar-refractivity contribution is 1.14. The maximum Gasteiger partial charge on any atom is 0.256 e. The van der Waals surface area contributed by atoms with E-state index in [0.29, 0.717) is 5.56 Å². The Hall–Kier alpha value is -2.23. The van der Waals surface area contributed by atoms with E-state index in [1.165, 1.54) is 0 Å². The Labute approximate surface area is 92.5 Å². The lowest BCUT2D eigenvalue weighted by Gasteiger charge is -2.06. The van der Waals surface area contributed by atoms with Crippen molar-refractivity contribution in [1.82, 2.24) is 9.97 Å². The maximum absolute atomic E-state index is 11.4. The van der Waals surface area contributed by atoms with E-state index in [1.54, 1.807) is 18.5 Å². The molecule has 2 N–H and O–H groups in total. The molecule has 0 aliphatic carbocycles. The summed E-state index contributed by atoms with van der Waals surface area (Å²) in [5, 5.41) is 7.16. The van der Waals surface area contributed by atoms with Crippen LogP contribution in [0.2, 0.25) is 0 Å². The number of nitrogens with one attached hydrogen (secondary N) is 2. The van der Waals surface area contributed by atoms with Gasteiger partial charge in [-0.05, 0) is 30.7 Å². The van der Waals surface area contributed by atoms with Gasteiger partial charge in [0.2, 0.25) is 0 Å². The lowest BCUT2D eigenvalue weighted by Crippen LogP contribution is -2.13. The van der Waals surface area contributed by atoms with Crippen LogP contribution in [-0.2, 0) is 0 Å². The lowest BCUT2D eigenvalue weighted by atomic mass is 10.0. The number of aromatic nitrogens is 2.